The van der Waals surface area contributed by atoms with Gasteiger partial charge in [-0.15, -0.1) is 0 Å². The van der Waals surface area contributed by atoms with Crippen LogP contribution in [0.25, 0.3) is 27.8 Å². The standard InChI is InChI=1S/C26H37N7OS/c1-16-13-32(14-17(2)35-16)23-6-5-21-24-22(11-20(12-29-24)25(18(3)27)31(4)28)33(26(21)30-23)15-19-7-9-34-10-8-19/h5-6,11-12,16-17,19H,7-10,13-15,27-28H2,1-4H3/b25-18-. The number of nitrogens with two attached hydrogens (primary N) is 2. The molecule has 2 unspecified atom stereocenters. The molecule has 9 heteroatoms. The largest absolute Gasteiger partial charge is 0.401 e. The number of hydrogen-bond acceptors (Lipinski definition) is 8. The number of nitrogens with zero attached hydrogens (tertiary/aromatic N) is 5. The number of hydrogen-bond donors (Lipinski definition) is 2. The van der Waals surface area contributed by atoms with Crippen molar-refractivity contribution in [3.63, 3.8) is 0 Å². The van der Waals surface area contributed by atoms with Gasteiger partial charge in [-0.2, -0.15) is 11.8 Å². The van der Waals surface area contributed by atoms with Gasteiger partial charge in [0.2, 0.25) is 0 Å². The first kappa shape index (κ1) is 24.2. The van der Waals surface area contributed by atoms with E-state index in [2.05, 4.69) is 53.3 Å². The molecule has 4 N–H and O–H groups in total. The first-order valence-electron chi connectivity index (χ1n) is 12.5. The molecule has 0 aromatic carbocycles. The highest BCUT2D eigenvalue weighted by Crippen LogP contribution is 2.34. The maximum atomic E-state index is 6.19. The molecule has 5 rings (SSSR count). The van der Waals surface area contributed by atoms with Gasteiger partial charge in [0.1, 0.15) is 11.5 Å². The van der Waals surface area contributed by atoms with E-state index in [-0.39, 0.29) is 0 Å². The Labute approximate surface area is 211 Å². The van der Waals surface area contributed by atoms with Crippen LogP contribution in [0.1, 0.15) is 39.2 Å². The Balaban J connectivity index is 1.66. The van der Waals surface area contributed by atoms with Crippen LogP contribution >= 0.6 is 11.8 Å². The number of thioether (sulfide) groups is 1. The van der Waals surface area contributed by atoms with Gasteiger partial charge in [0.05, 0.1) is 16.7 Å². The van der Waals surface area contributed by atoms with Gasteiger partial charge in [-0.25, -0.2) is 10.8 Å². The lowest BCUT2D eigenvalue weighted by Crippen LogP contribution is -2.40. The number of allylic oxidation sites excluding steroid dienone is 1. The van der Waals surface area contributed by atoms with Gasteiger partial charge >= 0.3 is 0 Å². The zero-order chi connectivity index (χ0) is 24.7. The van der Waals surface area contributed by atoms with Gasteiger partial charge in [-0.3, -0.25) is 4.98 Å². The molecule has 0 amide bonds. The van der Waals surface area contributed by atoms with Crippen molar-refractivity contribution >= 4 is 45.3 Å². The van der Waals surface area contributed by atoms with Gasteiger partial charge in [0.25, 0.3) is 0 Å². The van der Waals surface area contributed by atoms with E-state index in [1.54, 1.807) is 12.1 Å². The molecule has 0 bridgehead atoms. The zero-order valence-corrected chi connectivity index (χ0v) is 22.0. The van der Waals surface area contributed by atoms with Crippen LogP contribution in [0.2, 0.25) is 0 Å². The summed E-state index contributed by atoms with van der Waals surface area (Å²) in [5.74, 6) is 7.73. The molecular weight excluding hydrogens is 458 g/mol. The minimum absolute atomic E-state index is 0.548. The number of ether oxygens (including phenoxy) is 1. The second-order valence-corrected chi connectivity index (χ2v) is 12.0. The molecule has 5 heterocycles. The van der Waals surface area contributed by atoms with Crippen LogP contribution < -0.4 is 16.5 Å². The Morgan fingerprint density at radius 1 is 1.20 bits per heavy atom. The fraction of sp³-hybridized carbons (Fsp3) is 0.538. The number of aromatic nitrogens is 3. The molecule has 0 aliphatic carbocycles. The van der Waals surface area contributed by atoms with Crippen LogP contribution in [-0.4, -0.2) is 63.4 Å². The number of fused-ring (bicyclic) bond motifs is 3. The minimum Gasteiger partial charge on any atom is -0.401 e. The van der Waals surface area contributed by atoms with E-state index in [1.807, 2.05) is 13.1 Å². The molecule has 2 aliphatic rings. The summed E-state index contributed by atoms with van der Waals surface area (Å²) >= 11 is 2.06. The molecule has 2 saturated heterocycles. The lowest BCUT2D eigenvalue weighted by Gasteiger charge is -2.35. The summed E-state index contributed by atoms with van der Waals surface area (Å²) in [5.41, 5.74) is 11.6. The summed E-state index contributed by atoms with van der Waals surface area (Å²) in [5, 5.41) is 3.83. The van der Waals surface area contributed by atoms with Crippen molar-refractivity contribution in [2.45, 2.75) is 50.7 Å². The summed E-state index contributed by atoms with van der Waals surface area (Å²) < 4.78 is 8.00. The second-order valence-electron chi connectivity index (χ2n) is 10.1. The Morgan fingerprint density at radius 2 is 1.91 bits per heavy atom. The third-order valence-corrected chi connectivity index (χ3v) is 8.28. The molecule has 2 aliphatic heterocycles. The van der Waals surface area contributed by atoms with Gasteiger partial charge in [-0.1, -0.05) is 13.8 Å². The first-order chi connectivity index (χ1) is 16.8. The van der Waals surface area contributed by atoms with Gasteiger partial charge in [0, 0.05) is 73.2 Å². The molecule has 35 heavy (non-hydrogen) atoms. The highest BCUT2D eigenvalue weighted by Gasteiger charge is 2.25. The fourth-order valence-corrected chi connectivity index (χ4v) is 6.89. The van der Waals surface area contributed by atoms with Crippen LogP contribution in [-0.2, 0) is 11.3 Å². The van der Waals surface area contributed by atoms with Crippen LogP contribution in [0.4, 0.5) is 5.82 Å². The summed E-state index contributed by atoms with van der Waals surface area (Å²) in [4.78, 5) is 12.6. The fourth-order valence-electron chi connectivity index (χ4n) is 5.56. The predicted octanol–water partition coefficient (Wildman–Crippen LogP) is 3.79. The first-order valence-corrected chi connectivity index (χ1v) is 13.5. The highest BCUT2D eigenvalue weighted by molar-refractivity contribution is 8.00. The third-order valence-electron chi connectivity index (χ3n) is 7.05. The average Bonchev–Trinajstić information content (AvgIpc) is 3.11. The van der Waals surface area contributed by atoms with Gasteiger partial charge in [0.15, 0.2) is 0 Å². The molecule has 8 nitrogen and oxygen atoms in total. The van der Waals surface area contributed by atoms with E-state index in [4.69, 9.17) is 26.3 Å². The maximum Gasteiger partial charge on any atom is 0.145 e. The molecule has 188 valence electrons. The molecular formula is C26H37N7OS. The van der Waals surface area contributed by atoms with Crippen LogP contribution in [0.3, 0.4) is 0 Å². The number of rotatable bonds is 5. The van der Waals surface area contributed by atoms with Crippen molar-refractivity contribution < 1.29 is 4.74 Å². The van der Waals surface area contributed by atoms with E-state index in [0.29, 0.717) is 22.1 Å². The molecule has 3 aromatic heterocycles. The SMILES string of the molecule is C/C(N)=C(\c1cnc2c3ccc(N4CC(C)SC(C)C4)nc3n(CC3CCOCC3)c2c1)N(C)N. The molecule has 0 saturated carbocycles. The maximum absolute atomic E-state index is 6.19. The quantitative estimate of drug-likeness (QED) is 0.407. The molecule has 3 aromatic rings. The minimum atomic E-state index is 0.548. The summed E-state index contributed by atoms with van der Waals surface area (Å²) in [6.07, 6.45) is 3.99. The summed E-state index contributed by atoms with van der Waals surface area (Å²) in [6.45, 7) is 11.0. The van der Waals surface area contributed by atoms with Gasteiger partial charge < -0.3 is 24.9 Å². The number of anilines is 1. The third kappa shape index (κ3) is 4.81. The molecule has 0 spiro atoms. The summed E-state index contributed by atoms with van der Waals surface area (Å²) in [6, 6.07) is 6.53. The van der Waals surface area contributed by atoms with Crippen LogP contribution in [0, 0.1) is 5.92 Å². The van der Waals surface area contributed by atoms with Gasteiger partial charge in [-0.05, 0) is 43.9 Å². The predicted molar refractivity (Wildman–Crippen MR) is 146 cm³/mol. The van der Waals surface area contributed by atoms with Crippen molar-refractivity contribution in [3.05, 3.63) is 35.7 Å². The summed E-state index contributed by atoms with van der Waals surface area (Å²) in [7, 11) is 1.81. The van der Waals surface area contributed by atoms with Crippen LogP contribution in [0.15, 0.2) is 30.1 Å². The Bertz CT molecular complexity index is 1230. The van der Waals surface area contributed by atoms with Crippen molar-refractivity contribution in [3.8, 4) is 0 Å². The molecule has 2 fully saturated rings. The highest BCUT2D eigenvalue weighted by atomic mass is 32.2. The lowest BCUT2D eigenvalue weighted by atomic mass is 10.0. The monoisotopic (exact) mass is 495 g/mol. The zero-order valence-electron chi connectivity index (χ0n) is 21.2. The van der Waals surface area contributed by atoms with E-state index in [0.717, 1.165) is 84.8 Å². The van der Waals surface area contributed by atoms with E-state index in [1.165, 1.54) is 0 Å². The lowest BCUT2D eigenvalue weighted by molar-refractivity contribution is 0.0619. The van der Waals surface area contributed by atoms with E-state index in [9.17, 15) is 0 Å². The average molecular weight is 496 g/mol. The second kappa shape index (κ2) is 9.87. The van der Waals surface area contributed by atoms with Crippen molar-refractivity contribution in [1.82, 2.24) is 19.5 Å². The normalized spacial score (nSPS) is 22.6. The molecule has 2 atom stereocenters. The number of hydrazine groups is 1. The van der Waals surface area contributed by atoms with Crippen molar-refractivity contribution in [2.75, 3.05) is 38.3 Å². The Hall–Kier alpha value is -2.49. The number of pyridine rings is 2. The van der Waals surface area contributed by atoms with Crippen molar-refractivity contribution in [2.24, 2.45) is 17.5 Å². The van der Waals surface area contributed by atoms with Crippen molar-refractivity contribution in [1.29, 1.82) is 0 Å². The smallest absolute Gasteiger partial charge is 0.145 e. The Kier molecular flexibility index (Phi) is 6.83. The van der Waals surface area contributed by atoms with Crippen LogP contribution in [0.5, 0.6) is 0 Å². The topological polar surface area (TPSA) is 98.5 Å². The molecule has 0 radical (unpaired) electrons. The van der Waals surface area contributed by atoms with E-state index < -0.39 is 0 Å². The van der Waals surface area contributed by atoms with E-state index >= 15 is 0 Å². The Morgan fingerprint density at radius 3 is 2.57 bits per heavy atom.